The third-order valence-electron chi connectivity index (χ3n) is 5.00. The number of rotatable bonds is 4. The van der Waals surface area contributed by atoms with E-state index in [-0.39, 0.29) is 23.1 Å². The SMILES string of the molecule is Cn1c(N2CCC[C@H](C(=O)NCc3ccc(Cl)cc3)C2)cc(=O)n(C)c1=O. The summed E-state index contributed by atoms with van der Waals surface area (Å²) in [4.78, 5) is 38.7. The number of hydrogen-bond acceptors (Lipinski definition) is 4. The number of nitrogens with zero attached hydrogens (tertiary/aromatic N) is 3. The Balaban J connectivity index is 1.69. The summed E-state index contributed by atoms with van der Waals surface area (Å²) in [6, 6.07) is 8.80. The molecule has 1 saturated heterocycles. The molecular formula is C19H23ClN4O3. The third-order valence-corrected chi connectivity index (χ3v) is 5.25. The number of nitrogens with one attached hydrogen (secondary N) is 1. The number of benzene rings is 1. The second-order valence-corrected chi connectivity index (χ2v) is 7.31. The lowest BCUT2D eigenvalue weighted by Gasteiger charge is -2.34. The lowest BCUT2D eigenvalue weighted by Crippen LogP contribution is -2.46. The van der Waals surface area contributed by atoms with Crippen LogP contribution in [0.3, 0.4) is 0 Å². The van der Waals surface area contributed by atoms with E-state index >= 15 is 0 Å². The number of amides is 1. The van der Waals surface area contributed by atoms with Gasteiger partial charge in [-0.2, -0.15) is 0 Å². The first-order chi connectivity index (χ1) is 12.9. The Labute approximate surface area is 162 Å². The van der Waals surface area contributed by atoms with Gasteiger partial charge in [0.1, 0.15) is 5.82 Å². The summed E-state index contributed by atoms with van der Waals surface area (Å²) in [5, 5.41) is 3.62. The number of piperidine rings is 1. The van der Waals surface area contributed by atoms with Gasteiger partial charge in [0.15, 0.2) is 0 Å². The molecule has 1 aromatic heterocycles. The number of carbonyl (C=O) groups is 1. The van der Waals surface area contributed by atoms with Crippen molar-refractivity contribution in [1.82, 2.24) is 14.5 Å². The van der Waals surface area contributed by atoms with E-state index in [1.807, 2.05) is 17.0 Å². The first kappa shape index (κ1) is 19.2. The number of hydrogen-bond donors (Lipinski definition) is 1. The highest BCUT2D eigenvalue weighted by molar-refractivity contribution is 6.30. The molecule has 1 aromatic carbocycles. The summed E-state index contributed by atoms with van der Waals surface area (Å²) in [6.45, 7) is 1.63. The maximum Gasteiger partial charge on any atom is 0.332 e. The van der Waals surface area contributed by atoms with E-state index in [2.05, 4.69) is 5.32 Å². The molecule has 0 unspecified atom stereocenters. The molecule has 8 heteroatoms. The minimum absolute atomic E-state index is 0.0246. The molecule has 0 radical (unpaired) electrons. The molecule has 1 aliphatic rings. The van der Waals surface area contributed by atoms with Crippen LogP contribution in [0, 0.1) is 5.92 Å². The van der Waals surface area contributed by atoms with Crippen molar-refractivity contribution in [2.75, 3.05) is 18.0 Å². The van der Waals surface area contributed by atoms with E-state index < -0.39 is 0 Å². The fraction of sp³-hybridized carbons (Fsp3) is 0.421. The zero-order valence-corrected chi connectivity index (χ0v) is 16.2. The van der Waals surface area contributed by atoms with Crippen LogP contribution in [-0.4, -0.2) is 28.1 Å². The molecule has 3 rings (SSSR count). The van der Waals surface area contributed by atoms with Gasteiger partial charge in [0.05, 0.1) is 5.92 Å². The monoisotopic (exact) mass is 390 g/mol. The van der Waals surface area contributed by atoms with Crippen molar-refractivity contribution in [2.45, 2.75) is 19.4 Å². The van der Waals surface area contributed by atoms with Crippen LogP contribution in [0.5, 0.6) is 0 Å². The molecule has 2 aromatic rings. The zero-order chi connectivity index (χ0) is 19.6. The Kier molecular flexibility index (Phi) is 5.70. The Morgan fingerprint density at radius 2 is 1.89 bits per heavy atom. The first-order valence-corrected chi connectivity index (χ1v) is 9.29. The Bertz CT molecular complexity index is 949. The first-order valence-electron chi connectivity index (χ1n) is 8.91. The van der Waals surface area contributed by atoms with Crippen LogP contribution in [0.2, 0.25) is 5.02 Å². The molecular weight excluding hydrogens is 368 g/mol. The molecule has 0 bridgehead atoms. The molecule has 1 aliphatic heterocycles. The molecule has 1 N–H and O–H groups in total. The van der Waals surface area contributed by atoms with Crippen molar-refractivity contribution in [2.24, 2.45) is 20.0 Å². The summed E-state index contributed by atoms with van der Waals surface area (Å²) in [5.41, 5.74) is 0.267. The average molecular weight is 391 g/mol. The summed E-state index contributed by atoms with van der Waals surface area (Å²) in [5.74, 6) is 0.340. The van der Waals surface area contributed by atoms with E-state index in [1.165, 1.54) is 17.7 Å². The van der Waals surface area contributed by atoms with E-state index in [0.717, 1.165) is 23.0 Å². The molecule has 27 heavy (non-hydrogen) atoms. The second kappa shape index (κ2) is 8.00. The average Bonchev–Trinajstić information content (AvgIpc) is 2.68. The van der Waals surface area contributed by atoms with E-state index in [4.69, 9.17) is 11.6 Å². The predicted octanol–water partition coefficient (Wildman–Crippen LogP) is 1.27. The minimum Gasteiger partial charge on any atom is -0.357 e. The van der Waals surface area contributed by atoms with Gasteiger partial charge in [-0.1, -0.05) is 23.7 Å². The fourth-order valence-electron chi connectivity index (χ4n) is 3.36. The van der Waals surface area contributed by atoms with Crippen LogP contribution in [0.15, 0.2) is 39.9 Å². The highest BCUT2D eigenvalue weighted by Crippen LogP contribution is 2.21. The molecule has 1 fully saturated rings. The van der Waals surface area contributed by atoms with Gasteiger partial charge in [0, 0.05) is 44.8 Å². The molecule has 1 atom stereocenters. The summed E-state index contributed by atoms with van der Waals surface area (Å²) in [7, 11) is 3.10. The summed E-state index contributed by atoms with van der Waals surface area (Å²) < 4.78 is 2.53. The molecule has 0 aliphatic carbocycles. The van der Waals surface area contributed by atoms with Gasteiger partial charge in [0.2, 0.25) is 5.91 Å². The van der Waals surface area contributed by atoms with Gasteiger partial charge >= 0.3 is 5.69 Å². The van der Waals surface area contributed by atoms with Crippen LogP contribution in [0.1, 0.15) is 18.4 Å². The molecule has 0 saturated carbocycles. The zero-order valence-electron chi connectivity index (χ0n) is 15.4. The smallest absolute Gasteiger partial charge is 0.332 e. The normalized spacial score (nSPS) is 17.0. The number of halogens is 1. The van der Waals surface area contributed by atoms with Gasteiger partial charge < -0.3 is 10.2 Å². The standard InChI is InChI=1S/C19H23ClN4O3/c1-22-16(10-17(25)23(2)19(22)27)24-9-3-4-14(12-24)18(26)21-11-13-5-7-15(20)8-6-13/h5-8,10,14H,3-4,9,11-12H2,1-2H3,(H,21,26)/t14-/m0/s1. The Morgan fingerprint density at radius 1 is 1.19 bits per heavy atom. The number of carbonyl (C=O) groups excluding carboxylic acids is 1. The quantitative estimate of drug-likeness (QED) is 0.853. The van der Waals surface area contributed by atoms with Gasteiger partial charge in [-0.15, -0.1) is 0 Å². The molecule has 1 amide bonds. The Morgan fingerprint density at radius 3 is 2.59 bits per heavy atom. The number of aromatic nitrogens is 2. The van der Waals surface area contributed by atoms with Crippen LogP contribution in [0.4, 0.5) is 5.82 Å². The van der Waals surface area contributed by atoms with Crippen molar-refractivity contribution in [1.29, 1.82) is 0 Å². The molecule has 144 valence electrons. The van der Waals surface area contributed by atoms with Crippen LogP contribution >= 0.6 is 11.6 Å². The van der Waals surface area contributed by atoms with Gasteiger partial charge in [0.25, 0.3) is 5.56 Å². The fourth-order valence-corrected chi connectivity index (χ4v) is 3.49. The van der Waals surface area contributed by atoms with Gasteiger partial charge in [-0.25, -0.2) is 4.79 Å². The summed E-state index contributed by atoms with van der Waals surface area (Å²) in [6.07, 6.45) is 1.60. The van der Waals surface area contributed by atoms with Crippen molar-refractivity contribution in [3.63, 3.8) is 0 Å². The highest BCUT2D eigenvalue weighted by Gasteiger charge is 2.27. The predicted molar refractivity (Wildman–Crippen MR) is 105 cm³/mol. The molecule has 0 spiro atoms. The van der Waals surface area contributed by atoms with E-state index in [1.54, 1.807) is 19.2 Å². The summed E-state index contributed by atoms with van der Waals surface area (Å²) >= 11 is 5.87. The largest absolute Gasteiger partial charge is 0.357 e. The van der Waals surface area contributed by atoms with Crippen LogP contribution in [-0.2, 0) is 25.4 Å². The van der Waals surface area contributed by atoms with Gasteiger partial charge in [-0.05, 0) is 30.5 Å². The van der Waals surface area contributed by atoms with Gasteiger partial charge in [-0.3, -0.25) is 18.7 Å². The van der Waals surface area contributed by atoms with Crippen molar-refractivity contribution >= 4 is 23.3 Å². The number of anilines is 1. The van der Waals surface area contributed by atoms with Crippen LogP contribution in [0.25, 0.3) is 0 Å². The minimum atomic E-state index is -0.369. The van der Waals surface area contributed by atoms with E-state index in [9.17, 15) is 14.4 Å². The lowest BCUT2D eigenvalue weighted by atomic mass is 9.97. The molecule has 2 heterocycles. The Hall–Kier alpha value is -2.54. The van der Waals surface area contributed by atoms with Crippen molar-refractivity contribution in [3.8, 4) is 0 Å². The highest BCUT2D eigenvalue weighted by atomic mass is 35.5. The third kappa shape index (κ3) is 4.24. The maximum absolute atomic E-state index is 12.6. The van der Waals surface area contributed by atoms with E-state index in [0.29, 0.717) is 30.5 Å². The maximum atomic E-state index is 12.6. The van der Waals surface area contributed by atoms with Crippen LogP contribution < -0.4 is 21.5 Å². The lowest BCUT2D eigenvalue weighted by molar-refractivity contribution is -0.125. The topological polar surface area (TPSA) is 76.3 Å². The van der Waals surface area contributed by atoms with Crippen molar-refractivity contribution < 1.29 is 4.79 Å². The molecule has 7 nitrogen and oxygen atoms in total. The second-order valence-electron chi connectivity index (χ2n) is 6.87. The van der Waals surface area contributed by atoms with Crippen molar-refractivity contribution in [3.05, 3.63) is 61.8 Å².